The number of thioether (sulfide) groups is 1. The number of esters is 1. The van der Waals surface area contributed by atoms with E-state index < -0.39 is 12.0 Å². The van der Waals surface area contributed by atoms with Crippen LogP contribution in [0.1, 0.15) is 33.6 Å². The van der Waals surface area contributed by atoms with E-state index in [1.54, 1.807) is 16.7 Å². The molecule has 2 aliphatic rings. The summed E-state index contributed by atoms with van der Waals surface area (Å²) in [6.45, 7) is 6.22. The Bertz CT molecular complexity index is 454. The fourth-order valence-corrected chi connectivity index (χ4v) is 4.01. The van der Waals surface area contributed by atoms with Crippen molar-refractivity contribution in [2.75, 3.05) is 18.9 Å². The molecule has 2 amide bonds. The third-order valence-electron chi connectivity index (χ3n) is 3.77. The molecule has 1 N–H and O–H groups in total. The van der Waals surface area contributed by atoms with Gasteiger partial charge in [-0.1, -0.05) is 13.8 Å². The highest BCUT2D eigenvalue weighted by atomic mass is 32.2. The molecule has 21 heavy (non-hydrogen) atoms. The number of hydrogen-bond acceptors (Lipinski definition) is 5. The van der Waals surface area contributed by atoms with Crippen LogP contribution in [0, 0.1) is 5.92 Å². The van der Waals surface area contributed by atoms with Gasteiger partial charge in [-0.2, -0.15) is 0 Å². The molecule has 0 aliphatic carbocycles. The third-order valence-corrected chi connectivity index (χ3v) is 5.28. The first kappa shape index (κ1) is 16.1. The van der Waals surface area contributed by atoms with Crippen LogP contribution in [-0.2, 0) is 19.1 Å². The van der Waals surface area contributed by atoms with Gasteiger partial charge in [-0.25, -0.2) is 4.79 Å². The molecule has 0 aromatic carbocycles. The van der Waals surface area contributed by atoms with Crippen molar-refractivity contribution in [2.45, 2.75) is 44.5 Å². The summed E-state index contributed by atoms with van der Waals surface area (Å²) in [7, 11) is 0. The maximum Gasteiger partial charge on any atom is 0.330 e. The summed E-state index contributed by atoms with van der Waals surface area (Å²) in [5, 5.41) is 2.69. The topological polar surface area (TPSA) is 75.7 Å². The number of carbonyl (C=O) groups excluding carboxylic acids is 3. The molecular weight excluding hydrogens is 292 g/mol. The monoisotopic (exact) mass is 314 g/mol. The van der Waals surface area contributed by atoms with Crippen LogP contribution in [0.2, 0.25) is 0 Å². The summed E-state index contributed by atoms with van der Waals surface area (Å²) < 4.78 is 5.06. The molecule has 2 atom stereocenters. The van der Waals surface area contributed by atoms with Crippen LogP contribution in [-0.4, -0.2) is 52.5 Å². The van der Waals surface area contributed by atoms with Gasteiger partial charge in [-0.05, 0) is 19.3 Å². The lowest BCUT2D eigenvalue weighted by molar-refractivity contribution is -0.156. The molecule has 118 valence electrons. The Kier molecular flexibility index (Phi) is 4.81. The number of ether oxygens (including phenoxy) is 1. The summed E-state index contributed by atoms with van der Waals surface area (Å²) in [5.74, 6) is 0.0845. The molecule has 0 aromatic rings. The molecule has 2 fully saturated rings. The zero-order valence-corrected chi connectivity index (χ0v) is 13.5. The van der Waals surface area contributed by atoms with E-state index in [2.05, 4.69) is 5.32 Å². The van der Waals surface area contributed by atoms with E-state index in [-0.39, 0.29) is 23.3 Å². The van der Waals surface area contributed by atoms with E-state index in [0.717, 1.165) is 6.42 Å². The van der Waals surface area contributed by atoms with Gasteiger partial charge in [-0.15, -0.1) is 11.8 Å². The van der Waals surface area contributed by atoms with E-state index in [1.165, 1.54) is 0 Å². The van der Waals surface area contributed by atoms with E-state index >= 15 is 0 Å². The first-order valence-corrected chi connectivity index (χ1v) is 8.21. The minimum atomic E-state index is -0.562. The van der Waals surface area contributed by atoms with Crippen molar-refractivity contribution in [3.05, 3.63) is 0 Å². The SMILES string of the molecule is CC(C)CNC(=O)COC(=O)[C@H]1CS[C@]2(C)CCC(=O)N12. The molecule has 0 bridgehead atoms. The average molecular weight is 314 g/mol. The molecule has 0 saturated carbocycles. The Morgan fingerprint density at radius 1 is 1.52 bits per heavy atom. The lowest BCUT2D eigenvalue weighted by Gasteiger charge is -2.29. The predicted octanol–water partition coefficient (Wildman–Crippen LogP) is 0.756. The summed E-state index contributed by atoms with van der Waals surface area (Å²) in [5.41, 5.74) is 0. The van der Waals surface area contributed by atoms with Crippen molar-refractivity contribution in [1.29, 1.82) is 0 Å². The largest absolute Gasteiger partial charge is 0.454 e. The van der Waals surface area contributed by atoms with E-state index in [0.29, 0.717) is 24.6 Å². The maximum atomic E-state index is 12.1. The highest BCUT2D eigenvalue weighted by molar-refractivity contribution is 8.01. The molecular formula is C14H22N2O4S. The van der Waals surface area contributed by atoms with Crippen molar-refractivity contribution in [3.8, 4) is 0 Å². The second-order valence-electron chi connectivity index (χ2n) is 6.07. The smallest absolute Gasteiger partial charge is 0.330 e. The number of nitrogens with zero attached hydrogens (tertiary/aromatic N) is 1. The van der Waals surface area contributed by atoms with Gasteiger partial charge in [-0.3, -0.25) is 9.59 Å². The van der Waals surface area contributed by atoms with Gasteiger partial charge >= 0.3 is 5.97 Å². The number of amides is 2. The summed E-state index contributed by atoms with van der Waals surface area (Å²) in [6, 6.07) is -0.562. The Hall–Kier alpha value is -1.24. The third kappa shape index (κ3) is 3.51. The molecule has 2 rings (SSSR count). The molecule has 2 heterocycles. The van der Waals surface area contributed by atoms with Gasteiger partial charge in [0.2, 0.25) is 5.91 Å². The number of rotatable bonds is 5. The first-order valence-electron chi connectivity index (χ1n) is 7.23. The molecule has 0 spiro atoms. The molecule has 2 aliphatic heterocycles. The van der Waals surface area contributed by atoms with E-state index in [9.17, 15) is 14.4 Å². The van der Waals surface area contributed by atoms with E-state index in [4.69, 9.17) is 4.74 Å². The zero-order chi connectivity index (χ0) is 15.6. The predicted molar refractivity (Wildman–Crippen MR) is 79.5 cm³/mol. The fraction of sp³-hybridized carbons (Fsp3) is 0.786. The number of fused-ring (bicyclic) bond motifs is 1. The Labute approximate surface area is 129 Å². The summed E-state index contributed by atoms with van der Waals surface area (Å²) in [4.78, 5) is 36.9. The van der Waals surface area contributed by atoms with Crippen LogP contribution in [0.3, 0.4) is 0 Å². The Morgan fingerprint density at radius 2 is 2.24 bits per heavy atom. The number of nitrogens with one attached hydrogen (secondary N) is 1. The Morgan fingerprint density at radius 3 is 2.90 bits per heavy atom. The van der Waals surface area contributed by atoms with Gasteiger partial charge < -0.3 is 15.0 Å². The van der Waals surface area contributed by atoms with Crippen molar-refractivity contribution in [2.24, 2.45) is 5.92 Å². The second kappa shape index (κ2) is 6.25. The van der Waals surface area contributed by atoms with Gasteiger partial charge in [0.05, 0.1) is 4.87 Å². The normalized spacial score (nSPS) is 27.9. The average Bonchev–Trinajstić information content (AvgIpc) is 2.91. The van der Waals surface area contributed by atoms with Crippen LogP contribution in [0.25, 0.3) is 0 Å². The molecule has 0 radical (unpaired) electrons. The van der Waals surface area contributed by atoms with Gasteiger partial charge in [0, 0.05) is 18.7 Å². The molecule has 0 aromatic heterocycles. The molecule has 2 saturated heterocycles. The second-order valence-corrected chi connectivity index (χ2v) is 7.57. The maximum absolute atomic E-state index is 12.1. The van der Waals surface area contributed by atoms with Crippen LogP contribution in [0.4, 0.5) is 0 Å². The van der Waals surface area contributed by atoms with Gasteiger partial charge in [0.25, 0.3) is 5.91 Å². The lowest BCUT2D eigenvalue weighted by Crippen LogP contribution is -2.47. The first-order chi connectivity index (χ1) is 9.83. The minimum Gasteiger partial charge on any atom is -0.454 e. The number of hydrogen-bond donors (Lipinski definition) is 1. The Balaban J connectivity index is 1.84. The van der Waals surface area contributed by atoms with Gasteiger partial charge in [0.1, 0.15) is 6.04 Å². The van der Waals surface area contributed by atoms with Crippen molar-refractivity contribution in [1.82, 2.24) is 10.2 Å². The molecule has 0 unspecified atom stereocenters. The standard InChI is InChI=1S/C14H22N2O4S/c1-9(2)6-15-11(17)7-20-13(19)10-8-21-14(3)5-4-12(18)16(10)14/h9-10H,4-8H2,1-3H3,(H,15,17)/t10-,14-/m1/s1. The highest BCUT2D eigenvalue weighted by Gasteiger charge is 2.53. The van der Waals surface area contributed by atoms with Crippen molar-refractivity contribution in [3.63, 3.8) is 0 Å². The van der Waals surface area contributed by atoms with E-state index in [1.807, 2.05) is 20.8 Å². The highest BCUT2D eigenvalue weighted by Crippen LogP contribution is 2.47. The molecule has 7 heteroatoms. The minimum absolute atomic E-state index is 0.00582. The van der Waals surface area contributed by atoms with Crippen molar-refractivity contribution < 1.29 is 19.1 Å². The van der Waals surface area contributed by atoms with Crippen LogP contribution < -0.4 is 5.32 Å². The fourth-order valence-electron chi connectivity index (χ4n) is 2.60. The van der Waals surface area contributed by atoms with Crippen LogP contribution in [0.5, 0.6) is 0 Å². The van der Waals surface area contributed by atoms with Crippen LogP contribution >= 0.6 is 11.8 Å². The van der Waals surface area contributed by atoms with Crippen LogP contribution in [0.15, 0.2) is 0 Å². The number of carbonyl (C=O) groups is 3. The zero-order valence-electron chi connectivity index (χ0n) is 12.7. The quantitative estimate of drug-likeness (QED) is 0.758. The molecule has 6 nitrogen and oxygen atoms in total. The summed E-state index contributed by atoms with van der Waals surface area (Å²) in [6.07, 6.45) is 1.23. The van der Waals surface area contributed by atoms with Gasteiger partial charge in [0.15, 0.2) is 6.61 Å². The summed E-state index contributed by atoms with van der Waals surface area (Å²) >= 11 is 1.61. The lowest BCUT2D eigenvalue weighted by atomic mass is 10.2. The van der Waals surface area contributed by atoms with Crippen molar-refractivity contribution >= 4 is 29.5 Å².